The molecule has 0 aliphatic rings. The summed E-state index contributed by atoms with van der Waals surface area (Å²) in [5, 5.41) is 2.95. The van der Waals surface area contributed by atoms with Crippen LogP contribution in [0, 0.1) is 6.92 Å². The monoisotopic (exact) mass is 262 g/mol. The Kier molecular flexibility index (Phi) is 6.57. The first-order valence-corrected chi connectivity index (χ1v) is 7.10. The van der Waals surface area contributed by atoms with Crippen LogP contribution in [0.5, 0.6) is 0 Å². The van der Waals surface area contributed by atoms with Crippen LogP contribution in [0.1, 0.15) is 49.3 Å². The zero-order valence-electron chi connectivity index (χ0n) is 12.3. The Balaban J connectivity index is 2.48. The summed E-state index contributed by atoms with van der Waals surface area (Å²) in [6.45, 7) is 7.79. The number of amides is 1. The number of aryl methyl sites for hydroxylation is 1. The van der Waals surface area contributed by atoms with E-state index in [4.69, 9.17) is 5.73 Å². The zero-order valence-corrected chi connectivity index (χ0v) is 12.3. The molecule has 1 aromatic carbocycles. The zero-order chi connectivity index (χ0) is 14.3. The summed E-state index contributed by atoms with van der Waals surface area (Å²) in [6.07, 6.45) is 2.18. The molecule has 1 amide bonds. The molecule has 0 saturated carbocycles. The highest BCUT2D eigenvalue weighted by Crippen LogP contribution is 2.18. The molecule has 0 radical (unpaired) electrons. The summed E-state index contributed by atoms with van der Waals surface area (Å²) in [7, 11) is 0. The van der Waals surface area contributed by atoms with Crippen LogP contribution in [0.3, 0.4) is 0 Å². The number of carbonyl (C=O) groups excluding carboxylic acids is 1. The lowest BCUT2D eigenvalue weighted by molar-refractivity contribution is -0.121. The van der Waals surface area contributed by atoms with E-state index >= 15 is 0 Å². The van der Waals surface area contributed by atoms with Crippen LogP contribution < -0.4 is 11.1 Å². The van der Waals surface area contributed by atoms with Gasteiger partial charge in [0.25, 0.3) is 0 Å². The Bertz CT molecular complexity index is 413. The first kappa shape index (κ1) is 15.7. The molecule has 0 aliphatic heterocycles. The summed E-state index contributed by atoms with van der Waals surface area (Å²) in [5.41, 5.74) is 9.35. The van der Waals surface area contributed by atoms with Crippen molar-refractivity contribution < 1.29 is 4.79 Å². The molecule has 3 N–H and O–H groups in total. The first-order valence-electron chi connectivity index (χ1n) is 7.10. The molecule has 19 heavy (non-hydrogen) atoms. The van der Waals surface area contributed by atoms with E-state index in [2.05, 4.69) is 44.3 Å². The lowest BCUT2D eigenvalue weighted by Crippen LogP contribution is -2.26. The predicted molar refractivity (Wildman–Crippen MR) is 80.3 cm³/mol. The lowest BCUT2D eigenvalue weighted by atomic mass is 9.96. The number of hydrogen-bond acceptors (Lipinski definition) is 2. The standard InChI is InChI=1S/C16H26N2O/c1-12(2)14-7-6-13(3)15(11-14)8-10-18-16(19)5-4-9-17/h6-7,11-12H,4-5,8-10,17H2,1-3H3,(H,18,19). The molecule has 3 nitrogen and oxygen atoms in total. The van der Waals surface area contributed by atoms with Crippen molar-refractivity contribution in [2.75, 3.05) is 13.1 Å². The van der Waals surface area contributed by atoms with Crippen molar-refractivity contribution in [3.8, 4) is 0 Å². The number of nitrogens with one attached hydrogen (secondary N) is 1. The van der Waals surface area contributed by atoms with Gasteiger partial charge in [0.15, 0.2) is 0 Å². The van der Waals surface area contributed by atoms with Gasteiger partial charge >= 0.3 is 0 Å². The van der Waals surface area contributed by atoms with E-state index in [1.807, 2.05) is 0 Å². The van der Waals surface area contributed by atoms with Crippen LogP contribution in [-0.4, -0.2) is 19.0 Å². The highest BCUT2D eigenvalue weighted by atomic mass is 16.1. The van der Waals surface area contributed by atoms with Gasteiger partial charge < -0.3 is 11.1 Å². The SMILES string of the molecule is Cc1ccc(C(C)C)cc1CCNC(=O)CCCN. The average molecular weight is 262 g/mol. The van der Waals surface area contributed by atoms with Crippen molar-refractivity contribution in [1.82, 2.24) is 5.32 Å². The van der Waals surface area contributed by atoms with Crippen molar-refractivity contribution in [2.24, 2.45) is 5.73 Å². The van der Waals surface area contributed by atoms with Gasteiger partial charge in [-0.1, -0.05) is 32.0 Å². The molecular weight excluding hydrogens is 236 g/mol. The maximum absolute atomic E-state index is 11.5. The summed E-state index contributed by atoms with van der Waals surface area (Å²) < 4.78 is 0. The maximum Gasteiger partial charge on any atom is 0.220 e. The molecule has 106 valence electrons. The first-order chi connectivity index (χ1) is 9.04. The largest absolute Gasteiger partial charge is 0.356 e. The minimum absolute atomic E-state index is 0.100. The Morgan fingerprint density at radius 3 is 2.74 bits per heavy atom. The van der Waals surface area contributed by atoms with Crippen LogP contribution in [0.15, 0.2) is 18.2 Å². The summed E-state index contributed by atoms with van der Waals surface area (Å²) in [6, 6.07) is 6.61. The van der Waals surface area contributed by atoms with Gasteiger partial charge in [0.2, 0.25) is 5.91 Å². The van der Waals surface area contributed by atoms with E-state index in [9.17, 15) is 4.79 Å². The van der Waals surface area contributed by atoms with Crippen molar-refractivity contribution in [3.05, 3.63) is 34.9 Å². The van der Waals surface area contributed by atoms with Gasteiger partial charge in [-0.05, 0) is 48.9 Å². The summed E-state index contributed by atoms with van der Waals surface area (Å²) in [5.74, 6) is 0.640. The molecule has 0 atom stereocenters. The third-order valence-electron chi connectivity index (χ3n) is 3.36. The second kappa shape index (κ2) is 7.95. The van der Waals surface area contributed by atoms with Gasteiger partial charge in [0.05, 0.1) is 0 Å². The molecule has 1 aromatic rings. The Morgan fingerprint density at radius 1 is 1.37 bits per heavy atom. The number of hydrogen-bond donors (Lipinski definition) is 2. The van der Waals surface area contributed by atoms with Gasteiger partial charge in [-0.3, -0.25) is 4.79 Å². The molecule has 0 fully saturated rings. The Labute approximate surface area is 116 Å². The maximum atomic E-state index is 11.5. The minimum atomic E-state index is 0.100. The Morgan fingerprint density at radius 2 is 2.11 bits per heavy atom. The van der Waals surface area contributed by atoms with Gasteiger partial charge in [-0.25, -0.2) is 0 Å². The number of carbonyl (C=O) groups is 1. The summed E-state index contributed by atoms with van der Waals surface area (Å²) in [4.78, 5) is 11.5. The fourth-order valence-corrected chi connectivity index (χ4v) is 2.01. The molecular formula is C16H26N2O. The molecule has 1 rings (SSSR count). The van der Waals surface area contributed by atoms with Gasteiger partial charge in [0, 0.05) is 13.0 Å². The molecule has 0 bridgehead atoms. The summed E-state index contributed by atoms with van der Waals surface area (Å²) >= 11 is 0. The van der Waals surface area contributed by atoms with E-state index in [0.717, 1.165) is 12.8 Å². The molecule has 0 aromatic heterocycles. The highest BCUT2D eigenvalue weighted by molar-refractivity contribution is 5.75. The highest BCUT2D eigenvalue weighted by Gasteiger charge is 2.05. The fraction of sp³-hybridized carbons (Fsp3) is 0.562. The van der Waals surface area contributed by atoms with Crippen LogP contribution in [0.4, 0.5) is 0 Å². The van der Waals surface area contributed by atoms with Crippen molar-refractivity contribution in [2.45, 2.75) is 46.0 Å². The molecule has 0 aliphatic carbocycles. The number of nitrogens with two attached hydrogens (primary N) is 1. The van der Waals surface area contributed by atoms with Crippen LogP contribution in [-0.2, 0) is 11.2 Å². The molecule has 0 heterocycles. The second-order valence-corrected chi connectivity index (χ2v) is 5.33. The van der Waals surface area contributed by atoms with Gasteiger partial charge in [-0.2, -0.15) is 0 Å². The average Bonchev–Trinajstić information content (AvgIpc) is 2.38. The molecule has 0 unspecified atom stereocenters. The van der Waals surface area contributed by atoms with Gasteiger partial charge in [-0.15, -0.1) is 0 Å². The molecule has 0 saturated heterocycles. The minimum Gasteiger partial charge on any atom is -0.356 e. The van der Waals surface area contributed by atoms with Crippen molar-refractivity contribution >= 4 is 5.91 Å². The van der Waals surface area contributed by atoms with Crippen molar-refractivity contribution in [3.63, 3.8) is 0 Å². The third-order valence-corrected chi connectivity index (χ3v) is 3.36. The van der Waals surface area contributed by atoms with Crippen LogP contribution >= 0.6 is 0 Å². The molecule has 0 spiro atoms. The van der Waals surface area contributed by atoms with E-state index in [1.54, 1.807) is 0 Å². The quantitative estimate of drug-likeness (QED) is 0.793. The van der Waals surface area contributed by atoms with Crippen LogP contribution in [0.25, 0.3) is 0 Å². The van der Waals surface area contributed by atoms with Crippen molar-refractivity contribution in [1.29, 1.82) is 0 Å². The van der Waals surface area contributed by atoms with E-state index in [1.165, 1.54) is 16.7 Å². The predicted octanol–water partition coefficient (Wildman–Crippen LogP) is 2.52. The lowest BCUT2D eigenvalue weighted by Gasteiger charge is -2.12. The fourth-order valence-electron chi connectivity index (χ4n) is 2.01. The smallest absolute Gasteiger partial charge is 0.220 e. The van der Waals surface area contributed by atoms with Gasteiger partial charge in [0.1, 0.15) is 0 Å². The third kappa shape index (κ3) is 5.43. The molecule has 3 heteroatoms. The number of benzene rings is 1. The Hall–Kier alpha value is -1.35. The van der Waals surface area contributed by atoms with E-state index < -0.39 is 0 Å². The topological polar surface area (TPSA) is 55.1 Å². The number of rotatable bonds is 7. The van der Waals surface area contributed by atoms with Crippen LogP contribution in [0.2, 0.25) is 0 Å². The second-order valence-electron chi connectivity index (χ2n) is 5.33. The van der Waals surface area contributed by atoms with E-state index in [0.29, 0.717) is 25.4 Å². The van der Waals surface area contributed by atoms with E-state index in [-0.39, 0.29) is 5.91 Å². The normalized spacial score (nSPS) is 10.8.